The molecular formula is C15H13F2NO2. The first-order chi connectivity index (χ1) is 9.66. The van der Waals surface area contributed by atoms with Crippen molar-refractivity contribution in [3.63, 3.8) is 0 Å². The van der Waals surface area contributed by atoms with Gasteiger partial charge in [-0.2, -0.15) is 0 Å². The Kier molecular flexibility index (Phi) is 3.28. The van der Waals surface area contributed by atoms with Crippen LogP contribution in [0.5, 0.6) is 11.5 Å². The summed E-state index contributed by atoms with van der Waals surface area (Å²) in [6, 6.07) is 8.36. The van der Waals surface area contributed by atoms with Gasteiger partial charge in [0.25, 0.3) is 0 Å². The van der Waals surface area contributed by atoms with Gasteiger partial charge in [-0.05, 0) is 23.8 Å². The molecule has 0 aromatic heterocycles. The Bertz CT molecular complexity index is 646. The van der Waals surface area contributed by atoms with Crippen LogP contribution >= 0.6 is 0 Å². The molecule has 5 heteroatoms. The molecule has 3 nitrogen and oxygen atoms in total. The normalized spacial score (nSPS) is 14.9. The maximum atomic E-state index is 13.8. The molecule has 1 aliphatic rings. The lowest BCUT2D eigenvalue weighted by molar-refractivity contribution is 0.171. The number of fused-ring (bicyclic) bond motifs is 1. The molecule has 0 amide bonds. The van der Waals surface area contributed by atoms with Crippen LogP contribution in [0.4, 0.5) is 8.78 Å². The van der Waals surface area contributed by atoms with Gasteiger partial charge in [-0.15, -0.1) is 0 Å². The third-order valence-corrected chi connectivity index (χ3v) is 3.24. The Morgan fingerprint density at radius 2 is 1.75 bits per heavy atom. The zero-order valence-electron chi connectivity index (χ0n) is 10.6. The van der Waals surface area contributed by atoms with Gasteiger partial charge in [-0.1, -0.05) is 18.2 Å². The fraction of sp³-hybridized carbons (Fsp3) is 0.200. The van der Waals surface area contributed by atoms with Gasteiger partial charge in [-0.3, -0.25) is 0 Å². The van der Waals surface area contributed by atoms with Crippen LogP contribution in [0.25, 0.3) is 0 Å². The predicted octanol–water partition coefficient (Wildman–Crippen LogP) is 2.78. The van der Waals surface area contributed by atoms with Gasteiger partial charge in [0.05, 0.1) is 6.04 Å². The van der Waals surface area contributed by atoms with Gasteiger partial charge in [0.1, 0.15) is 13.2 Å². The summed E-state index contributed by atoms with van der Waals surface area (Å²) in [5.74, 6) is -0.627. The van der Waals surface area contributed by atoms with Crippen LogP contribution in [0, 0.1) is 11.6 Å². The molecule has 2 aromatic carbocycles. The number of benzene rings is 2. The van der Waals surface area contributed by atoms with E-state index in [1.165, 1.54) is 12.1 Å². The number of rotatable bonds is 2. The highest BCUT2D eigenvalue weighted by Gasteiger charge is 2.19. The van der Waals surface area contributed by atoms with E-state index in [-0.39, 0.29) is 5.56 Å². The SMILES string of the molecule is NC(c1ccc2c(c1)OCCO2)c1cccc(F)c1F. The first kappa shape index (κ1) is 12.9. The van der Waals surface area contributed by atoms with Crippen molar-refractivity contribution in [2.24, 2.45) is 5.73 Å². The van der Waals surface area contributed by atoms with Crippen LogP contribution in [0.1, 0.15) is 17.2 Å². The Balaban J connectivity index is 1.98. The Morgan fingerprint density at radius 1 is 1.00 bits per heavy atom. The van der Waals surface area contributed by atoms with Gasteiger partial charge in [0.15, 0.2) is 23.1 Å². The molecule has 1 aliphatic heterocycles. The Labute approximate surface area is 114 Å². The molecule has 0 aliphatic carbocycles. The summed E-state index contributed by atoms with van der Waals surface area (Å²) >= 11 is 0. The molecule has 104 valence electrons. The second kappa shape index (κ2) is 5.09. The summed E-state index contributed by atoms with van der Waals surface area (Å²) in [4.78, 5) is 0. The molecule has 3 rings (SSSR count). The minimum absolute atomic E-state index is 0.113. The highest BCUT2D eigenvalue weighted by Crippen LogP contribution is 2.34. The molecule has 20 heavy (non-hydrogen) atoms. The maximum absolute atomic E-state index is 13.8. The van der Waals surface area contributed by atoms with E-state index in [9.17, 15) is 8.78 Å². The van der Waals surface area contributed by atoms with E-state index >= 15 is 0 Å². The number of hydrogen-bond acceptors (Lipinski definition) is 3. The second-order valence-electron chi connectivity index (χ2n) is 4.52. The standard InChI is InChI=1S/C15H13F2NO2/c16-11-3-1-2-10(14(11)17)15(18)9-4-5-12-13(8-9)20-7-6-19-12/h1-5,8,15H,6-7,18H2. The minimum Gasteiger partial charge on any atom is -0.486 e. The molecule has 2 N–H and O–H groups in total. The van der Waals surface area contributed by atoms with Crippen LogP contribution in [-0.4, -0.2) is 13.2 Å². The fourth-order valence-corrected chi connectivity index (χ4v) is 2.19. The van der Waals surface area contributed by atoms with Crippen molar-refractivity contribution in [1.29, 1.82) is 0 Å². The molecule has 2 aromatic rings. The van der Waals surface area contributed by atoms with E-state index in [2.05, 4.69) is 0 Å². The molecule has 0 saturated heterocycles. The van der Waals surface area contributed by atoms with Gasteiger partial charge in [0, 0.05) is 5.56 Å². The molecule has 1 heterocycles. The highest BCUT2D eigenvalue weighted by atomic mass is 19.2. The first-order valence-corrected chi connectivity index (χ1v) is 6.26. The molecule has 1 atom stereocenters. The number of ether oxygens (including phenoxy) is 2. The van der Waals surface area contributed by atoms with Crippen LogP contribution in [0.3, 0.4) is 0 Å². The van der Waals surface area contributed by atoms with Crippen LogP contribution in [-0.2, 0) is 0 Å². The monoisotopic (exact) mass is 277 g/mol. The zero-order valence-corrected chi connectivity index (χ0v) is 10.6. The van der Waals surface area contributed by atoms with Crippen LogP contribution in [0.2, 0.25) is 0 Å². The fourth-order valence-electron chi connectivity index (χ4n) is 2.19. The van der Waals surface area contributed by atoms with Crippen molar-refractivity contribution >= 4 is 0 Å². The lowest BCUT2D eigenvalue weighted by Gasteiger charge is -2.21. The lowest BCUT2D eigenvalue weighted by atomic mass is 9.98. The summed E-state index contributed by atoms with van der Waals surface area (Å²) in [5.41, 5.74) is 6.77. The largest absolute Gasteiger partial charge is 0.486 e. The third kappa shape index (κ3) is 2.20. The van der Waals surface area contributed by atoms with E-state index in [4.69, 9.17) is 15.2 Å². The predicted molar refractivity (Wildman–Crippen MR) is 69.8 cm³/mol. The van der Waals surface area contributed by atoms with Crippen LogP contribution in [0.15, 0.2) is 36.4 Å². The van der Waals surface area contributed by atoms with Gasteiger partial charge < -0.3 is 15.2 Å². The van der Waals surface area contributed by atoms with Crippen molar-refractivity contribution in [2.75, 3.05) is 13.2 Å². The van der Waals surface area contributed by atoms with Crippen molar-refractivity contribution in [2.45, 2.75) is 6.04 Å². The van der Waals surface area contributed by atoms with E-state index < -0.39 is 17.7 Å². The summed E-state index contributed by atoms with van der Waals surface area (Å²) in [6.07, 6.45) is 0. The lowest BCUT2D eigenvalue weighted by Crippen LogP contribution is -2.18. The van der Waals surface area contributed by atoms with E-state index in [0.717, 1.165) is 6.07 Å². The summed E-state index contributed by atoms with van der Waals surface area (Å²) in [6.45, 7) is 0.955. The van der Waals surface area contributed by atoms with Gasteiger partial charge in [0.2, 0.25) is 0 Å². The second-order valence-corrected chi connectivity index (χ2v) is 4.52. The van der Waals surface area contributed by atoms with E-state index in [0.29, 0.717) is 30.3 Å². The number of hydrogen-bond donors (Lipinski definition) is 1. The quantitative estimate of drug-likeness (QED) is 0.918. The van der Waals surface area contributed by atoms with E-state index in [1.54, 1.807) is 18.2 Å². The molecule has 0 spiro atoms. The van der Waals surface area contributed by atoms with Crippen molar-refractivity contribution < 1.29 is 18.3 Å². The van der Waals surface area contributed by atoms with Crippen molar-refractivity contribution in [3.8, 4) is 11.5 Å². The molecular weight excluding hydrogens is 264 g/mol. The summed E-state index contributed by atoms with van der Waals surface area (Å²) in [7, 11) is 0. The van der Waals surface area contributed by atoms with Crippen molar-refractivity contribution in [1.82, 2.24) is 0 Å². The summed E-state index contributed by atoms with van der Waals surface area (Å²) < 4.78 is 37.9. The average molecular weight is 277 g/mol. The number of nitrogens with two attached hydrogens (primary N) is 1. The van der Waals surface area contributed by atoms with E-state index in [1.807, 2.05) is 0 Å². The Morgan fingerprint density at radius 3 is 2.55 bits per heavy atom. The Hall–Kier alpha value is -2.14. The van der Waals surface area contributed by atoms with Gasteiger partial charge >= 0.3 is 0 Å². The topological polar surface area (TPSA) is 44.5 Å². The molecule has 0 saturated carbocycles. The summed E-state index contributed by atoms with van der Waals surface area (Å²) in [5, 5.41) is 0. The third-order valence-electron chi connectivity index (χ3n) is 3.24. The average Bonchev–Trinajstić information content (AvgIpc) is 2.49. The maximum Gasteiger partial charge on any atom is 0.163 e. The van der Waals surface area contributed by atoms with Gasteiger partial charge in [-0.25, -0.2) is 8.78 Å². The smallest absolute Gasteiger partial charge is 0.163 e. The zero-order chi connectivity index (χ0) is 14.1. The molecule has 0 fully saturated rings. The molecule has 0 radical (unpaired) electrons. The highest BCUT2D eigenvalue weighted by molar-refractivity contribution is 5.46. The molecule has 0 bridgehead atoms. The van der Waals surface area contributed by atoms with Crippen LogP contribution < -0.4 is 15.2 Å². The molecule has 1 unspecified atom stereocenters. The minimum atomic E-state index is -0.921. The van der Waals surface area contributed by atoms with Crippen molar-refractivity contribution in [3.05, 3.63) is 59.2 Å². The number of halogens is 2. The first-order valence-electron chi connectivity index (χ1n) is 6.26.